The number of nitrogens with zero attached hydrogens (tertiary/aromatic N) is 3. The van der Waals surface area contributed by atoms with Crippen molar-refractivity contribution in [3.63, 3.8) is 0 Å². The number of hydrogen-bond acceptors (Lipinski definition) is 3. The molecule has 1 amide bonds. The number of methoxy groups -OCH3 is 1. The van der Waals surface area contributed by atoms with Gasteiger partial charge < -0.3 is 9.64 Å². The number of amides is 1. The fourth-order valence-electron chi connectivity index (χ4n) is 2.73. The van der Waals surface area contributed by atoms with E-state index >= 15 is 0 Å². The van der Waals surface area contributed by atoms with Gasteiger partial charge in [-0.1, -0.05) is 29.8 Å². The molecule has 0 atom stereocenters. The van der Waals surface area contributed by atoms with Gasteiger partial charge >= 0.3 is 0 Å². The number of carbonyl (C=O) groups is 1. The molecular weight excluding hydrogens is 350 g/mol. The number of rotatable bonds is 8. The molecule has 26 heavy (non-hydrogen) atoms. The quantitative estimate of drug-likeness (QED) is 0.522. The van der Waals surface area contributed by atoms with Crippen molar-refractivity contribution in [2.45, 2.75) is 26.8 Å². The van der Waals surface area contributed by atoms with Crippen molar-refractivity contribution < 1.29 is 9.53 Å². The molecule has 0 spiro atoms. The predicted octanol–water partition coefficient (Wildman–Crippen LogP) is 3.71. The number of benzene rings is 1. The van der Waals surface area contributed by atoms with Gasteiger partial charge in [0.2, 0.25) is 5.91 Å². The van der Waals surface area contributed by atoms with Gasteiger partial charge in [-0.25, -0.2) is 0 Å². The molecule has 6 heteroatoms. The van der Waals surface area contributed by atoms with Crippen LogP contribution in [0, 0.1) is 13.8 Å². The molecule has 0 fully saturated rings. The highest BCUT2D eigenvalue weighted by Crippen LogP contribution is 2.20. The van der Waals surface area contributed by atoms with Gasteiger partial charge in [0.1, 0.15) is 0 Å². The van der Waals surface area contributed by atoms with Gasteiger partial charge in [0.15, 0.2) is 0 Å². The Balaban J connectivity index is 2.10. The molecular formula is C20H26ClN3O2. The Labute approximate surface area is 160 Å². The van der Waals surface area contributed by atoms with E-state index in [0.29, 0.717) is 19.7 Å². The van der Waals surface area contributed by atoms with E-state index in [1.54, 1.807) is 25.1 Å². The maximum absolute atomic E-state index is 12.2. The Morgan fingerprint density at radius 2 is 2.08 bits per heavy atom. The molecule has 2 aromatic rings. The number of aryl methyl sites for hydroxylation is 1. The summed E-state index contributed by atoms with van der Waals surface area (Å²) in [5, 5.41) is 5.32. The zero-order valence-corrected chi connectivity index (χ0v) is 16.6. The first-order valence-electron chi connectivity index (χ1n) is 8.63. The van der Waals surface area contributed by atoms with E-state index in [1.807, 2.05) is 48.9 Å². The Morgan fingerprint density at radius 1 is 1.35 bits per heavy atom. The second-order valence-electron chi connectivity index (χ2n) is 6.27. The second kappa shape index (κ2) is 9.55. The molecule has 1 aromatic carbocycles. The van der Waals surface area contributed by atoms with Crippen LogP contribution in [0.3, 0.4) is 0 Å². The summed E-state index contributed by atoms with van der Waals surface area (Å²) in [4.78, 5) is 13.9. The molecule has 1 heterocycles. The standard InChI is InChI=1S/C20H26ClN3O2/c1-15-18(10-11-20(25)23(3)12-7-13-26-4)16(2)24(22-15)14-17-8-5-6-9-19(17)21/h5-6,8-11H,7,12-14H2,1-4H3/b11-10+. The fraction of sp³-hybridized carbons (Fsp3) is 0.400. The maximum Gasteiger partial charge on any atom is 0.246 e. The minimum absolute atomic E-state index is 0.0289. The Kier molecular flexibility index (Phi) is 7.42. The van der Waals surface area contributed by atoms with Crippen LogP contribution in [0.25, 0.3) is 6.08 Å². The third-order valence-electron chi connectivity index (χ3n) is 4.33. The van der Waals surface area contributed by atoms with Gasteiger partial charge in [-0.2, -0.15) is 5.10 Å². The number of carbonyl (C=O) groups excluding carboxylic acids is 1. The zero-order chi connectivity index (χ0) is 19.1. The molecule has 0 bridgehead atoms. The van der Waals surface area contributed by atoms with Crippen molar-refractivity contribution >= 4 is 23.6 Å². The van der Waals surface area contributed by atoms with Crippen LogP contribution in [0.15, 0.2) is 30.3 Å². The fourth-order valence-corrected chi connectivity index (χ4v) is 2.93. The molecule has 0 N–H and O–H groups in total. The van der Waals surface area contributed by atoms with Gasteiger partial charge in [0.25, 0.3) is 0 Å². The van der Waals surface area contributed by atoms with Crippen LogP contribution in [-0.4, -0.2) is 47.9 Å². The van der Waals surface area contributed by atoms with Crippen LogP contribution in [0.2, 0.25) is 5.02 Å². The maximum atomic E-state index is 12.2. The average molecular weight is 376 g/mol. The molecule has 5 nitrogen and oxygen atoms in total. The van der Waals surface area contributed by atoms with Crippen molar-refractivity contribution in [2.75, 3.05) is 27.3 Å². The Morgan fingerprint density at radius 3 is 2.77 bits per heavy atom. The largest absolute Gasteiger partial charge is 0.385 e. The van der Waals surface area contributed by atoms with E-state index in [-0.39, 0.29) is 5.91 Å². The summed E-state index contributed by atoms with van der Waals surface area (Å²) in [6, 6.07) is 7.75. The van der Waals surface area contributed by atoms with E-state index < -0.39 is 0 Å². The minimum atomic E-state index is -0.0289. The summed E-state index contributed by atoms with van der Waals surface area (Å²) in [5.41, 5.74) is 3.88. The van der Waals surface area contributed by atoms with Gasteiger partial charge in [-0.05, 0) is 38.0 Å². The third kappa shape index (κ3) is 5.19. The number of ether oxygens (including phenoxy) is 1. The van der Waals surface area contributed by atoms with Crippen LogP contribution in [-0.2, 0) is 16.1 Å². The molecule has 2 rings (SSSR count). The first kappa shape index (κ1) is 20.2. The highest BCUT2D eigenvalue weighted by molar-refractivity contribution is 6.31. The Hall–Kier alpha value is -2.11. The molecule has 0 aliphatic rings. The van der Waals surface area contributed by atoms with E-state index in [4.69, 9.17) is 16.3 Å². The highest BCUT2D eigenvalue weighted by Gasteiger charge is 2.12. The van der Waals surface area contributed by atoms with Crippen LogP contribution in [0.5, 0.6) is 0 Å². The first-order valence-corrected chi connectivity index (χ1v) is 9.01. The predicted molar refractivity (Wildman–Crippen MR) is 105 cm³/mol. The first-order chi connectivity index (χ1) is 12.4. The number of halogens is 1. The molecule has 0 aliphatic carbocycles. The lowest BCUT2D eigenvalue weighted by molar-refractivity contribution is -0.124. The number of aromatic nitrogens is 2. The van der Waals surface area contributed by atoms with Gasteiger partial charge in [-0.15, -0.1) is 0 Å². The van der Waals surface area contributed by atoms with Crippen LogP contribution in [0.4, 0.5) is 0 Å². The number of likely N-dealkylation sites (N-methyl/N-ethyl adjacent to an activating group) is 1. The summed E-state index contributed by atoms with van der Waals surface area (Å²) in [6.07, 6.45) is 4.26. The minimum Gasteiger partial charge on any atom is -0.385 e. The van der Waals surface area contributed by atoms with Crippen molar-refractivity contribution in [3.8, 4) is 0 Å². The lowest BCUT2D eigenvalue weighted by Gasteiger charge is -2.14. The van der Waals surface area contributed by atoms with E-state index in [1.165, 1.54) is 0 Å². The summed E-state index contributed by atoms with van der Waals surface area (Å²) in [6.45, 7) is 5.87. The van der Waals surface area contributed by atoms with Gasteiger partial charge in [-0.3, -0.25) is 9.48 Å². The Bertz CT molecular complexity index is 783. The van der Waals surface area contributed by atoms with Crippen molar-refractivity contribution in [3.05, 3.63) is 57.9 Å². The summed E-state index contributed by atoms with van der Waals surface area (Å²) in [5.74, 6) is -0.0289. The van der Waals surface area contributed by atoms with E-state index in [2.05, 4.69) is 5.10 Å². The molecule has 1 aromatic heterocycles. The molecule has 140 valence electrons. The number of hydrogen-bond donors (Lipinski definition) is 0. The van der Waals surface area contributed by atoms with Crippen LogP contribution >= 0.6 is 11.6 Å². The average Bonchev–Trinajstić information content (AvgIpc) is 2.88. The van der Waals surface area contributed by atoms with Crippen molar-refractivity contribution in [1.82, 2.24) is 14.7 Å². The lowest BCUT2D eigenvalue weighted by atomic mass is 10.1. The van der Waals surface area contributed by atoms with Gasteiger partial charge in [0.05, 0.1) is 12.2 Å². The summed E-state index contributed by atoms with van der Waals surface area (Å²) >= 11 is 6.25. The summed E-state index contributed by atoms with van der Waals surface area (Å²) in [7, 11) is 3.45. The zero-order valence-electron chi connectivity index (χ0n) is 15.8. The molecule has 0 saturated heterocycles. The molecule has 0 saturated carbocycles. The second-order valence-corrected chi connectivity index (χ2v) is 6.68. The smallest absolute Gasteiger partial charge is 0.246 e. The van der Waals surface area contributed by atoms with Crippen LogP contribution in [0.1, 0.15) is 28.9 Å². The van der Waals surface area contributed by atoms with E-state index in [0.717, 1.165) is 34.0 Å². The third-order valence-corrected chi connectivity index (χ3v) is 4.69. The molecule has 0 unspecified atom stereocenters. The normalized spacial score (nSPS) is 11.3. The topological polar surface area (TPSA) is 47.4 Å². The van der Waals surface area contributed by atoms with Crippen molar-refractivity contribution in [1.29, 1.82) is 0 Å². The highest BCUT2D eigenvalue weighted by atomic mass is 35.5. The van der Waals surface area contributed by atoms with Crippen LogP contribution < -0.4 is 0 Å². The van der Waals surface area contributed by atoms with E-state index in [9.17, 15) is 4.79 Å². The van der Waals surface area contributed by atoms with Crippen molar-refractivity contribution in [2.24, 2.45) is 0 Å². The summed E-state index contributed by atoms with van der Waals surface area (Å²) < 4.78 is 6.94. The lowest BCUT2D eigenvalue weighted by Crippen LogP contribution is -2.26. The monoisotopic (exact) mass is 375 g/mol. The molecule has 0 radical (unpaired) electrons. The van der Waals surface area contributed by atoms with Gasteiger partial charge in [0, 0.05) is 49.7 Å². The molecule has 0 aliphatic heterocycles. The SMILES string of the molecule is COCCCN(C)C(=O)/C=C/c1c(C)nn(Cc2ccccc2Cl)c1C.